The topological polar surface area (TPSA) is 74.1 Å². The van der Waals surface area contributed by atoms with Crippen LogP contribution in [0.3, 0.4) is 0 Å². The first-order valence-corrected chi connectivity index (χ1v) is 8.83. The van der Waals surface area contributed by atoms with Gasteiger partial charge < -0.3 is 15.4 Å². The molecule has 0 saturated carbocycles. The van der Waals surface area contributed by atoms with Gasteiger partial charge in [0.05, 0.1) is 12.1 Å². The lowest BCUT2D eigenvalue weighted by Crippen LogP contribution is -2.14. The molecular weight excluding hydrogens is 358 g/mol. The lowest BCUT2D eigenvalue weighted by molar-refractivity contribution is -0.112. The summed E-state index contributed by atoms with van der Waals surface area (Å²) in [6.07, 6.45) is 3.35. The molecule has 0 aromatic heterocycles. The number of halogens is 1. The minimum Gasteiger partial charge on any atom is -0.495 e. The molecule has 0 fully saturated rings. The molecule has 2 rings (SSSR count). The Morgan fingerprint density at radius 2 is 2.08 bits per heavy atom. The average molecular weight is 374 g/mol. The monoisotopic (exact) mass is 373 g/mol. The van der Waals surface area contributed by atoms with Gasteiger partial charge in [0, 0.05) is 22.5 Å². The highest BCUT2D eigenvalue weighted by atomic mass is 35.5. The van der Waals surface area contributed by atoms with Gasteiger partial charge in [0.15, 0.2) is 0 Å². The second kappa shape index (κ2) is 9.02. The van der Waals surface area contributed by atoms with E-state index in [1.807, 2.05) is 36.6 Å². The number of nitrogens with zero attached hydrogens (tertiary/aromatic N) is 1. The van der Waals surface area contributed by atoms with E-state index in [9.17, 15) is 10.1 Å². The Balaban J connectivity index is 2.10. The molecular formula is C18H16ClN3O2S. The molecule has 0 saturated heterocycles. The normalized spacial score (nSPS) is 10.7. The molecule has 2 aromatic rings. The maximum Gasteiger partial charge on any atom is 0.267 e. The van der Waals surface area contributed by atoms with Gasteiger partial charge in [-0.25, -0.2) is 0 Å². The maximum absolute atomic E-state index is 12.2. The molecule has 0 spiro atoms. The standard InChI is InChI=1S/C18H16ClN3O2S/c1-24-17-7-6-14(9-16(17)19)22-18(23)12(10-20)11-21-13-4-3-5-15(8-13)25-2/h3-9,11,21H,1-2H3,(H,22,23)/b12-11-. The smallest absolute Gasteiger partial charge is 0.267 e. The summed E-state index contributed by atoms with van der Waals surface area (Å²) >= 11 is 7.63. The molecule has 0 aliphatic carbocycles. The Hall–Kier alpha value is -2.62. The number of anilines is 2. The molecule has 25 heavy (non-hydrogen) atoms. The van der Waals surface area contributed by atoms with Crippen molar-refractivity contribution < 1.29 is 9.53 Å². The molecule has 0 heterocycles. The van der Waals surface area contributed by atoms with E-state index in [0.29, 0.717) is 16.5 Å². The quantitative estimate of drug-likeness (QED) is 0.442. The van der Waals surface area contributed by atoms with Crippen molar-refractivity contribution in [3.63, 3.8) is 0 Å². The van der Waals surface area contributed by atoms with Crippen LogP contribution in [-0.2, 0) is 4.79 Å². The van der Waals surface area contributed by atoms with Gasteiger partial charge in [-0.3, -0.25) is 4.79 Å². The van der Waals surface area contributed by atoms with Gasteiger partial charge >= 0.3 is 0 Å². The van der Waals surface area contributed by atoms with E-state index in [4.69, 9.17) is 16.3 Å². The number of carbonyl (C=O) groups excluding carboxylic acids is 1. The van der Waals surface area contributed by atoms with Crippen molar-refractivity contribution in [2.75, 3.05) is 24.0 Å². The van der Waals surface area contributed by atoms with Gasteiger partial charge in [-0.15, -0.1) is 11.8 Å². The van der Waals surface area contributed by atoms with Crippen molar-refractivity contribution >= 4 is 40.6 Å². The molecule has 1 amide bonds. The van der Waals surface area contributed by atoms with Crippen molar-refractivity contribution in [1.82, 2.24) is 0 Å². The number of hydrogen-bond donors (Lipinski definition) is 2. The van der Waals surface area contributed by atoms with Crippen molar-refractivity contribution in [2.45, 2.75) is 4.90 Å². The summed E-state index contributed by atoms with van der Waals surface area (Å²) in [4.78, 5) is 13.3. The summed E-state index contributed by atoms with van der Waals surface area (Å²) < 4.78 is 5.06. The fraction of sp³-hybridized carbons (Fsp3) is 0.111. The predicted molar refractivity (Wildman–Crippen MR) is 102 cm³/mol. The Kier molecular flexibility index (Phi) is 6.75. The van der Waals surface area contributed by atoms with Gasteiger partial charge in [0.1, 0.15) is 17.4 Å². The van der Waals surface area contributed by atoms with E-state index < -0.39 is 5.91 Å². The minimum absolute atomic E-state index is 0.0542. The van der Waals surface area contributed by atoms with Crippen LogP contribution >= 0.6 is 23.4 Å². The molecule has 0 unspecified atom stereocenters. The molecule has 0 aliphatic heterocycles. The summed E-state index contributed by atoms with van der Waals surface area (Å²) in [7, 11) is 1.51. The van der Waals surface area contributed by atoms with E-state index in [1.54, 1.807) is 30.0 Å². The largest absolute Gasteiger partial charge is 0.495 e. The summed E-state index contributed by atoms with van der Waals surface area (Å²) in [6.45, 7) is 0. The second-order valence-corrected chi connectivity index (χ2v) is 6.14. The first kappa shape index (κ1) is 18.7. The van der Waals surface area contributed by atoms with Gasteiger partial charge in [0.2, 0.25) is 0 Å². The van der Waals surface area contributed by atoms with E-state index in [-0.39, 0.29) is 5.57 Å². The van der Waals surface area contributed by atoms with Gasteiger partial charge in [-0.2, -0.15) is 5.26 Å². The van der Waals surface area contributed by atoms with Crippen LogP contribution in [0.1, 0.15) is 0 Å². The number of hydrogen-bond acceptors (Lipinski definition) is 5. The van der Waals surface area contributed by atoms with E-state index in [1.165, 1.54) is 13.3 Å². The molecule has 0 atom stereocenters. The molecule has 0 radical (unpaired) electrons. The minimum atomic E-state index is -0.530. The highest BCUT2D eigenvalue weighted by Gasteiger charge is 2.10. The predicted octanol–water partition coefficient (Wildman–Crippen LogP) is 4.53. The third kappa shape index (κ3) is 5.18. The lowest BCUT2D eigenvalue weighted by atomic mass is 10.2. The molecule has 0 bridgehead atoms. The maximum atomic E-state index is 12.2. The fourth-order valence-electron chi connectivity index (χ4n) is 1.96. The highest BCUT2D eigenvalue weighted by molar-refractivity contribution is 7.98. The summed E-state index contributed by atoms with van der Waals surface area (Å²) in [5, 5.41) is 15.2. The van der Waals surface area contributed by atoms with Crippen LogP contribution in [0.5, 0.6) is 5.75 Å². The zero-order valence-electron chi connectivity index (χ0n) is 13.7. The Morgan fingerprint density at radius 1 is 1.28 bits per heavy atom. The number of rotatable bonds is 6. The number of nitrogens with one attached hydrogen (secondary N) is 2. The number of nitriles is 1. The highest BCUT2D eigenvalue weighted by Crippen LogP contribution is 2.27. The summed E-state index contributed by atoms with van der Waals surface area (Å²) in [6, 6.07) is 14.4. The van der Waals surface area contributed by atoms with Crippen LogP contribution in [-0.4, -0.2) is 19.3 Å². The van der Waals surface area contributed by atoms with Crippen LogP contribution in [0.2, 0.25) is 5.02 Å². The number of thioether (sulfide) groups is 1. The second-order valence-electron chi connectivity index (χ2n) is 4.85. The fourth-order valence-corrected chi connectivity index (χ4v) is 2.68. The number of ether oxygens (including phenoxy) is 1. The molecule has 2 aromatic carbocycles. The lowest BCUT2D eigenvalue weighted by Gasteiger charge is -2.08. The van der Waals surface area contributed by atoms with Crippen LogP contribution in [0.4, 0.5) is 11.4 Å². The Labute approximate surface area is 155 Å². The molecule has 0 aliphatic rings. The van der Waals surface area contributed by atoms with E-state index in [0.717, 1.165) is 10.6 Å². The number of amides is 1. The first-order valence-electron chi connectivity index (χ1n) is 7.23. The molecule has 2 N–H and O–H groups in total. The SMILES string of the molecule is COc1ccc(NC(=O)/C(C#N)=C\Nc2cccc(SC)c2)cc1Cl. The van der Waals surface area contributed by atoms with Crippen molar-refractivity contribution in [1.29, 1.82) is 5.26 Å². The third-order valence-electron chi connectivity index (χ3n) is 3.23. The summed E-state index contributed by atoms with van der Waals surface area (Å²) in [5.41, 5.74) is 1.21. The van der Waals surface area contributed by atoms with Gasteiger partial charge in [-0.05, 0) is 42.7 Å². The molecule has 5 nitrogen and oxygen atoms in total. The van der Waals surface area contributed by atoms with Gasteiger partial charge in [-0.1, -0.05) is 17.7 Å². The van der Waals surface area contributed by atoms with Crippen LogP contribution in [0.25, 0.3) is 0 Å². The first-order chi connectivity index (χ1) is 12.1. The Bertz CT molecular complexity index is 846. The van der Waals surface area contributed by atoms with Crippen molar-refractivity contribution in [3.05, 3.63) is 59.3 Å². The number of carbonyl (C=O) groups is 1. The molecule has 7 heteroatoms. The zero-order chi connectivity index (χ0) is 18.2. The average Bonchev–Trinajstić information content (AvgIpc) is 2.62. The van der Waals surface area contributed by atoms with Crippen LogP contribution in [0, 0.1) is 11.3 Å². The third-order valence-corrected chi connectivity index (χ3v) is 4.25. The number of methoxy groups -OCH3 is 1. The van der Waals surface area contributed by atoms with Crippen LogP contribution in [0.15, 0.2) is 59.1 Å². The van der Waals surface area contributed by atoms with Crippen molar-refractivity contribution in [3.8, 4) is 11.8 Å². The summed E-state index contributed by atoms with van der Waals surface area (Å²) in [5.74, 6) is -0.0247. The van der Waals surface area contributed by atoms with Gasteiger partial charge in [0.25, 0.3) is 5.91 Å². The van der Waals surface area contributed by atoms with Crippen molar-refractivity contribution in [2.24, 2.45) is 0 Å². The van der Waals surface area contributed by atoms with Crippen LogP contribution < -0.4 is 15.4 Å². The van der Waals surface area contributed by atoms with E-state index in [2.05, 4.69) is 10.6 Å². The number of benzene rings is 2. The van der Waals surface area contributed by atoms with E-state index >= 15 is 0 Å². The zero-order valence-corrected chi connectivity index (χ0v) is 15.2. The molecule has 128 valence electrons. The Morgan fingerprint density at radius 3 is 2.72 bits per heavy atom.